The zero-order chi connectivity index (χ0) is 23.5. The highest BCUT2D eigenvalue weighted by Crippen LogP contribution is 2.34. The molecule has 4 rings (SSSR count). The normalized spacial score (nSPS) is 16.1. The van der Waals surface area contributed by atoms with Gasteiger partial charge in [-0.25, -0.2) is 0 Å². The Morgan fingerprint density at radius 2 is 1.64 bits per heavy atom. The Labute approximate surface area is 199 Å². The first-order valence-electron chi connectivity index (χ1n) is 11.0. The molecule has 0 saturated carbocycles. The highest BCUT2D eigenvalue weighted by Gasteiger charge is 2.41. The van der Waals surface area contributed by atoms with Crippen LogP contribution in [0, 0.1) is 5.92 Å². The third-order valence-electron chi connectivity index (χ3n) is 5.90. The summed E-state index contributed by atoms with van der Waals surface area (Å²) in [7, 11) is 1.61. The summed E-state index contributed by atoms with van der Waals surface area (Å²) >= 11 is 6.30. The summed E-state index contributed by atoms with van der Waals surface area (Å²) in [4.78, 5) is 31.2. The SMILES string of the molecule is COc1cccc(CN2C(=O)c3cc(Cl)ccc3N(Cc3ccccc3)C(=O)C2C(C)C)c1. The number of carbonyl (C=O) groups is 2. The van der Waals surface area contributed by atoms with E-state index in [2.05, 4.69) is 0 Å². The zero-order valence-electron chi connectivity index (χ0n) is 19.0. The molecule has 5 nitrogen and oxygen atoms in total. The lowest BCUT2D eigenvalue weighted by atomic mass is 9.99. The number of amides is 2. The van der Waals surface area contributed by atoms with Gasteiger partial charge in [0, 0.05) is 11.6 Å². The number of fused-ring (bicyclic) bond motifs is 1. The van der Waals surface area contributed by atoms with Crippen LogP contribution in [0.5, 0.6) is 5.75 Å². The number of rotatable bonds is 6. The van der Waals surface area contributed by atoms with Crippen LogP contribution in [0.3, 0.4) is 0 Å². The van der Waals surface area contributed by atoms with Crippen LogP contribution >= 0.6 is 11.6 Å². The summed E-state index contributed by atoms with van der Waals surface area (Å²) < 4.78 is 5.35. The molecule has 33 heavy (non-hydrogen) atoms. The molecular formula is C27H27ClN2O3. The first-order valence-corrected chi connectivity index (χ1v) is 11.4. The molecule has 0 aliphatic carbocycles. The topological polar surface area (TPSA) is 49.9 Å². The van der Waals surface area contributed by atoms with Gasteiger partial charge in [-0.2, -0.15) is 0 Å². The molecule has 0 spiro atoms. The van der Waals surface area contributed by atoms with Crippen LogP contribution in [-0.4, -0.2) is 29.9 Å². The van der Waals surface area contributed by atoms with Gasteiger partial charge in [-0.15, -0.1) is 0 Å². The second-order valence-corrected chi connectivity index (χ2v) is 8.98. The Morgan fingerprint density at radius 3 is 2.33 bits per heavy atom. The van der Waals surface area contributed by atoms with Crippen molar-refractivity contribution in [3.63, 3.8) is 0 Å². The highest BCUT2D eigenvalue weighted by molar-refractivity contribution is 6.31. The Kier molecular flexibility index (Phi) is 6.70. The van der Waals surface area contributed by atoms with Crippen molar-refractivity contribution in [1.29, 1.82) is 0 Å². The van der Waals surface area contributed by atoms with E-state index < -0.39 is 6.04 Å². The Balaban J connectivity index is 1.82. The first-order chi connectivity index (χ1) is 15.9. The van der Waals surface area contributed by atoms with E-state index >= 15 is 0 Å². The fraction of sp³-hybridized carbons (Fsp3) is 0.259. The molecule has 2 amide bonds. The van der Waals surface area contributed by atoms with E-state index in [1.165, 1.54) is 0 Å². The van der Waals surface area contributed by atoms with Crippen LogP contribution < -0.4 is 9.64 Å². The van der Waals surface area contributed by atoms with Gasteiger partial charge < -0.3 is 14.5 Å². The lowest BCUT2D eigenvalue weighted by molar-refractivity contribution is -0.124. The molecule has 170 valence electrons. The van der Waals surface area contributed by atoms with Gasteiger partial charge >= 0.3 is 0 Å². The summed E-state index contributed by atoms with van der Waals surface area (Å²) in [6, 6.07) is 21.9. The lowest BCUT2D eigenvalue weighted by Gasteiger charge is -2.33. The average Bonchev–Trinajstić information content (AvgIpc) is 2.89. The maximum absolute atomic E-state index is 14.0. The Hall–Kier alpha value is -3.31. The molecule has 1 heterocycles. The molecular weight excluding hydrogens is 436 g/mol. The van der Waals surface area contributed by atoms with E-state index in [-0.39, 0.29) is 24.3 Å². The number of benzene rings is 3. The van der Waals surface area contributed by atoms with Crippen LogP contribution in [-0.2, 0) is 17.9 Å². The summed E-state index contributed by atoms with van der Waals surface area (Å²) in [5.41, 5.74) is 2.89. The standard InChI is InChI=1S/C27H27ClN2O3/c1-18(2)25-27(32)29(16-19-8-5-4-6-9-19)24-13-12-21(28)15-23(24)26(31)30(25)17-20-10-7-11-22(14-20)33-3/h4-15,18,25H,16-17H2,1-3H3. The first kappa shape index (κ1) is 22.9. The fourth-order valence-electron chi connectivity index (χ4n) is 4.32. The quantitative estimate of drug-likeness (QED) is 0.481. The Morgan fingerprint density at radius 1 is 0.909 bits per heavy atom. The number of anilines is 1. The number of halogens is 1. The minimum absolute atomic E-state index is 0.0879. The smallest absolute Gasteiger partial charge is 0.257 e. The van der Waals surface area contributed by atoms with Crippen LogP contribution in [0.25, 0.3) is 0 Å². The third kappa shape index (κ3) is 4.74. The molecule has 0 N–H and O–H groups in total. The molecule has 0 aromatic heterocycles. The number of hydrogen-bond donors (Lipinski definition) is 0. The predicted molar refractivity (Wildman–Crippen MR) is 131 cm³/mol. The van der Waals surface area contributed by atoms with Gasteiger partial charge in [-0.05, 0) is 47.4 Å². The van der Waals surface area contributed by atoms with E-state index in [9.17, 15) is 9.59 Å². The second kappa shape index (κ2) is 9.67. The van der Waals surface area contributed by atoms with Crippen molar-refractivity contribution in [2.24, 2.45) is 5.92 Å². The zero-order valence-corrected chi connectivity index (χ0v) is 19.8. The fourth-order valence-corrected chi connectivity index (χ4v) is 4.49. The predicted octanol–water partition coefficient (Wildman–Crippen LogP) is 5.56. The number of carbonyl (C=O) groups excluding carboxylic acids is 2. The van der Waals surface area contributed by atoms with E-state index in [1.807, 2.05) is 68.4 Å². The van der Waals surface area contributed by atoms with Gasteiger partial charge in [-0.3, -0.25) is 9.59 Å². The molecule has 0 fully saturated rings. The van der Waals surface area contributed by atoms with Crippen molar-refractivity contribution in [1.82, 2.24) is 4.90 Å². The molecule has 0 radical (unpaired) electrons. The largest absolute Gasteiger partial charge is 0.497 e. The van der Waals surface area contributed by atoms with Gasteiger partial charge in [-0.1, -0.05) is 67.9 Å². The van der Waals surface area contributed by atoms with E-state index in [0.29, 0.717) is 28.6 Å². The number of methoxy groups -OCH3 is 1. The van der Waals surface area contributed by atoms with Crippen molar-refractivity contribution in [3.05, 3.63) is 94.5 Å². The van der Waals surface area contributed by atoms with Crippen LogP contribution in [0.2, 0.25) is 5.02 Å². The molecule has 3 aromatic rings. The molecule has 3 aromatic carbocycles. The van der Waals surface area contributed by atoms with Gasteiger partial charge in [0.1, 0.15) is 11.8 Å². The van der Waals surface area contributed by atoms with Gasteiger partial charge in [0.15, 0.2) is 0 Å². The van der Waals surface area contributed by atoms with E-state index in [1.54, 1.807) is 35.1 Å². The maximum atomic E-state index is 14.0. The molecule has 0 saturated heterocycles. The van der Waals surface area contributed by atoms with Gasteiger partial charge in [0.05, 0.1) is 24.9 Å². The van der Waals surface area contributed by atoms with Crippen molar-refractivity contribution in [2.75, 3.05) is 12.0 Å². The minimum Gasteiger partial charge on any atom is -0.497 e. The maximum Gasteiger partial charge on any atom is 0.257 e. The van der Waals surface area contributed by atoms with Gasteiger partial charge in [0.25, 0.3) is 5.91 Å². The summed E-state index contributed by atoms with van der Waals surface area (Å²) in [6.07, 6.45) is 0. The van der Waals surface area contributed by atoms with Crippen molar-refractivity contribution in [3.8, 4) is 5.75 Å². The lowest BCUT2D eigenvalue weighted by Crippen LogP contribution is -2.50. The minimum atomic E-state index is -0.626. The highest BCUT2D eigenvalue weighted by atomic mass is 35.5. The number of nitrogens with zero attached hydrogens (tertiary/aromatic N) is 2. The molecule has 1 unspecified atom stereocenters. The average molecular weight is 463 g/mol. The van der Waals surface area contributed by atoms with E-state index in [0.717, 1.165) is 11.1 Å². The molecule has 1 atom stereocenters. The second-order valence-electron chi connectivity index (χ2n) is 8.54. The van der Waals surface area contributed by atoms with Crippen molar-refractivity contribution >= 4 is 29.1 Å². The van der Waals surface area contributed by atoms with Gasteiger partial charge in [0.2, 0.25) is 5.91 Å². The summed E-state index contributed by atoms with van der Waals surface area (Å²) in [5.74, 6) is 0.301. The molecule has 1 aliphatic heterocycles. The molecule has 0 bridgehead atoms. The monoisotopic (exact) mass is 462 g/mol. The molecule has 6 heteroatoms. The number of hydrogen-bond acceptors (Lipinski definition) is 3. The van der Waals surface area contributed by atoms with Crippen molar-refractivity contribution in [2.45, 2.75) is 33.0 Å². The van der Waals surface area contributed by atoms with Crippen LogP contribution in [0.4, 0.5) is 5.69 Å². The van der Waals surface area contributed by atoms with Crippen LogP contribution in [0.15, 0.2) is 72.8 Å². The molecule has 1 aliphatic rings. The Bertz CT molecular complexity index is 1160. The summed E-state index contributed by atoms with van der Waals surface area (Å²) in [5, 5.41) is 0.457. The number of ether oxygens (including phenoxy) is 1. The third-order valence-corrected chi connectivity index (χ3v) is 6.13. The van der Waals surface area contributed by atoms with Crippen molar-refractivity contribution < 1.29 is 14.3 Å². The van der Waals surface area contributed by atoms with E-state index in [4.69, 9.17) is 16.3 Å². The van der Waals surface area contributed by atoms with Crippen LogP contribution in [0.1, 0.15) is 35.3 Å². The summed E-state index contributed by atoms with van der Waals surface area (Å²) in [6.45, 7) is 4.60.